The predicted molar refractivity (Wildman–Crippen MR) is 106 cm³/mol. The molecule has 7 heteroatoms. The number of rotatable bonds is 6. The molecule has 0 radical (unpaired) electrons. The summed E-state index contributed by atoms with van der Waals surface area (Å²) in [6, 6.07) is 6.42. The second kappa shape index (κ2) is 7.13. The van der Waals surface area contributed by atoms with Crippen molar-refractivity contribution in [3.63, 3.8) is 0 Å². The summed E-state index contributed by atoms with van der Waals surface area (Å²) < 4.78 is 30.7. The number of hydrogen-bond acceptors (Lipinski definition) is 5. The van der Waals surface area contributed by atoms with Crippen molar-refractivity contribution in [2.24, 2.45) is 17.8 Å². The Labute approximate surface area is 171 Å². The van der Waals surface area contributed by atoms with E-state index in [-0.39, 0.29) is 35.5 Å². The van der Waals surface area contributed by atoms with E-state index in [1.807, 2.05) is 39.5 Å². The number of carbonyl (C=O) groups is 1. The molecule has 4 unspecified atom stereocenters. The van der Waals surface area contributed by atoms with Crippen molar-refractivity contribution in [3.05, 3.63) is 30.1 Å². The van der Waals surface area contributed by atoms with Crippen molar-refractivity contribution in [3.8, 4) is 5.75 Å². The van der Waals surface area contributed by atoms with Gasteiger partial charge in [0, 0.05) is 18.6 Å². The summed E-state index contributed by atoms with van der Waals surface area (Å²) in [5, 5.41) is 3.47. The molecule has 1 aliphatic carbocycles. The number of likely N-dealkylation sites (tertiary alicyclic amines) is 1. The molecule has 0 aromatic heterocycles. The van der Waals surface area contributed by atoms with Gasteiger partial charge in [0.1, 0.15) is 24.5 Å². The first-order chi connectivity index (χ1) is 13.5. The lowest BCUT2D eigenvalue weighted by molar-refractivity contribution is 0.0263. The standard InChI is InChI=1S/C22H31FN2O4/c1-21(2,3)29-20(26)25-10-13-14(11-25)17(13)18-19(28-18)24-22(4,5)12-27-16-9-7-6-8-15(16)23/h6-9,13-14,17-19,24H,10-12H2,1-5H3/t13-,14?,17?,18?,19?/m0/s1. The van der Waals surface area contributed by atoms with E-state index in [1.165, 1.54) is 6.07 Å². The molecule has 3 fully saturated rings. The Morgan fingerprint density at radius 3 is 2.48 bits per heavy atom. The van der Waals surface area contributed by atoms with E-state index in [0.29, 0.717) is 24.4 Å². The second-order valence-corrected chi connectivity index (χ2v) is 10.1. The molecule has 0 bridgehead atoms. The highest BCUT2D eigenvalue weighted by molar-refractivity contribution is 5.69. The summed E-state index contributed by atoms with van der Waals surface area (Å²) in [6.07, 6.45) is -0.0559. The van der Waals surface area contributed by atoms with Gasteiger partial charge in [0.2, 0.25) is 0 Å². The normalized spacial score (nSPS) is 30.7. The van der Waals surface area contributed by atoms with E-state index in [2.05, 4.69) is 5.32 Å². The third-order valence-electron chi connectivity index (χ3n) is 5.77. The van der Waals surface area contributed by atoms with Crippen LogP contribution in [0.1, 0.15) is 34.6 Å². The Balaban J connectivity index is 1.21. The van der Waals surface area contributed by atoms with Crippen molar-refractivity contribution < 1.29 is 23.4 Å². The number of nitrogens with zero attached hydrogens (tertiary/aromatic N) is 1. The zero-order valence-corrected chi connectivity index (χ0v) is 17.8. The number of amides is 1. The van der Waals surface area contributed by atoms with Crippen LogP contribution in [0.3, 0.4) is 0 Å². The van der Waals surface area contributed by atoms with E-state index >= 15 is 0 Å². The molecule has 2 heterocycles. The lowest BCUT2D eigenvalue weighted by Crippen LogP contribution is -2.47. The fraction of sp³-hybridized carbons (Fsp3) is 0.682. The zero-order chi connectivity index (χ0) is 21.0. The van der Waals surface area contributed by atoms with E-state index in [4.69, 9.17) is 14.2 Å². The first-order valence-corrected chi connectivity index (χ1v) is 10.3. The quantitative estimate of drug-likeness (QED) is 0.734. The molecule has 6 nitrogen and oxygen atoms in total. The fourth-order valence-corrected chi connectivity index (χ4v) is 4.31. The minimum absolute atomic E-state index is 0.0141. The monoisotopic (exact) mass is 406 g/mol. The molecule has 1 aromatic carbocycles. The average Bonchev–Trinajstić information content (AvgIpc) is 3.45. The van der Waals surface area contributed by atoms with Gasteiger partial charge in [-0.15, -0.1) is 0 Å². The maximum Gasteiger partial charge on any atom is 0.410 e. The first-order valence-electron chi connectivity index (χ1n) is 10.3. The van der Waals surface area contributed by atoms with Gasteiger partial charge in [-0.25, -0.2) is 9.18 Å². The molecule has 1 amide bonds. The lowest BCUT2D eigenvalue weighted by atomic mass is 10.1. The second-order valence-electron chi connectivity index (χ2n) is 10.1. The highest BCUT2D eigenvalue weighted by atomic mass is 19.1. The van der Waals surface area contributed by atoms with Gasteiger partial charge < -0.3 is 19.1 Å². The Bertz CT molecular complexity index is 766. The van der Waals surface area contributed by atoms with Crippen LogP contribution in [0.25, 0.3) is 0 Å². The zero-order valence-electron chi connectivity index (χ0n) is 17.8. The topological polar surface area (TPSA) is 63.3 Å². The summed E-state index contributed by atoms with van der Waals surface area (Å²) in [5.74, 6) is 1.39. The molecule has 160 valence electrons. The van der Waals surface area contributed by atoms with Gasteiger partial charge in [0.05, 0.1) is 0 Å². The maximum absolute atomic E-state index is 13.7. The minimum atomic E-state index is -0.464. The summed E-state index contributed by atoms with van der Waals surface area (Å²) in [7, 11) is 0. The van der Waals surface area contributed by atoms with Gasteiger partial charge in [0.15, 0.2) is 11.6 Å². The van der Waals surface area contributed by atoms with Crippen LogP contribution in [0.5, 0.6) is 5.75 Å². The molecular formula is C22H31FN2O4. The minimum Gasteiger partial charge on any atom is -0.489 e. The SMILES string of the molecule is CC(C)(COc1ccccc1F)NC1OC1C1C2CN(C(=O)OC(C)(C)C)C[C@@H]21. The number of ether oxygens (including phenoxy) is 3. The van der Waals surface area contributed by atoms with Gasteiger partial charge in [0.25, 0.3) is 0 Å². The number of para-hydroxylation sites is 1. The largest absolute Gasteiger partial charge is 0.489 e. The highest BCUT2D eigenvalue weighted by Crippen LogP contribution is 2.58. The van der Waals surface area contributed by atoms with Crippen molar-refractivity contribution >= 4 is 6.09 Å². The van der Waals surface area contributed by atoms with Gasteiger partial charge >= 0.3 is 6.09 Å². The molecule has 2 saturated heterocycles. The predicted octanol–water partition coefficient (Wildman–Crippen LogP) is 3.41. The smallest absolute Gasteiger partial charge is 0.410 e. The molecule has 4 rings (SSSR count). The lowest BCUT2D eigenvalue weighted by Gasteiger charge is -2.26. The first kappa shape index (κ1) is 20.4. The van der Waals surface area contributed by atoms with Crippen LogP contribution in [-0.4, -0.2) is 54.2 Å². The number of fused-ring (bicyclic) bond motifs is 1. The van der Waals surface area contributed by atoms with E-state index in [1.54, 1.807) is 18.2 Å². The number of halogens is 1. The summed E-state index contributed by atoms with van der Waals surface area (Å²) >= 11 is 0. The van der Waals surface area contributed by atoms with E-state index < -0.39 is 5.60 Å². The van der Waals surface area contributed by atoms with Crippen LogP contribution in [0, 0.1) is 23.6 Å². The summed E-state index contributed by atoms with van der Waals surface area (Å²) in [4.78, 5) is 14.0. The summed E-state index contributed by atoms with van der Waals surface area (Å²) in [5.41, 5.74) is -0.817. The van der Waals surface area contributed by atoms with Crippen LogP contribution < -0.4 is 10.1 Å². The van der Waals surface area contributed by atoms with Crippen LogP contribution in [0.4, 0.5) is 9.18 Å². The van der Waals surface area contributed by atoms with Gasteiger partial charge in [-0.1, -0.05) is 12.1 Å². The average molecular weight is 406 g/mol. The number of nitrogens with one attached hydrogen (secondary N) is 1. The number of carbonyl (C=O) groups excluding carboxylic acids is 1. The molecule has 2 aliphatic heterocycles. The molecule has 29 heavy (non-hydrogen) atoms. The molecule has 1 saturated carbocycles. The Morgan fingerprint density at radius 2 is 1.86 bits per heavy atom. The van der Waals surface area contributed by atoms with Crippen molar-refractivity contribution in [2.45, 2.75) is 58.1 Å². The molecule has 0 spiro atoms. The molecule has 5 atom stereocenters. The number of hydrogen-bond donors (Lipinski definition) is 1. The van der Waals surface area contributed by atoms with Gasteiger partial charge in [-0.2, -0.15) is 0 Å². The molecule has 1 N–H and O–H groups in total. The number of benzene rings is 1. The summed E-state index contributed by atoms with van der Waals surface area (Å²) in [6.45, 7) is 11.5. The Kier molecular flexibility index (Phi) is 5.02. The third-order valence-corrected chi connectivity index (χ3v) is 5.77. The maximum atomic E-state index is 13.7. The van der Waals surface area contributed by atoms with Crippen LogP contribution >= 0.6 is 0 Å². The molecule has 3 aliphatic rings. The van der Waals surface area contributed by atoms with Crippen molar-refractivity contribution in [1.82, 2.24) is 10.2 Å². The van der Waals surface area contributed by atoms with Crippen LogP contribution in [0.2, 0.25) is 0 Å². The van der Waals surface area contributed by atoms with Gasteiger partial charge in [-0.05, 0) is 64.5 Å². The van der Waals surface area contributed by atoms with E-state index in [0.717, 1.165) is 13.1 Å². The molecule has 1 aromatic rings. The van der Waals surface area contributed by atoms with E-state index in [9.17, 15) is 9.18 Å². The molecular weight excluding hydrogens is 375 g/mol. The van der Waals surface area contributed by atoms with Crippen LogP contribution in [-0.2, 0) is 9.47 Å². The number of epoxide rings is 1. The van der Waals surface area contributed by atoms with Crippen LogP contribution in [0.15, 0.2) is 24.3 Å². The van der Waals surface area contributed by atoms with Crippen molar-refractivity contribution in [1.29, 1.82) is 0 Å². The van der Waals surface area contributed by atoms with Crippen molar-refractivity contribution in [2.75, 3.05) is 19.7 Å². The Hall–Kier alpha value is -1.86. The third kappa shape index (κ3) is 4.67. The van der Waals surface area contributed by atoms with Gasteiger partial charge in [-0.3, -0.25) is 5.32 Å². The number of piperidine rings is 1. The highest BCUT2D eigenvalue weighted by Gasteiger charge is 2.66. The fourth-order valence-electron chi connectivity index (χ4n) is 4.31. The Morgan fingerprint density at radius 1 is 1.21 bits per heavy atom.